The average Bonchev–Trinajstić information content (AvgIpc) is 2.31. The van der Waals surface area contributed by atoms with Gasteiger partial charge in [-0.1, -0.05) is 33.4 Å². The van der Waals surface area contributed by atoms with Crippen LogP contribution < -0.4 is 0 Å². The fourth-order valence-corrected chi connectivity index (χ4v) is 1.19. The maximum atomic E-state index is 3.76. The molecule has 0 amide bonds. The van der Waals surface area contributed by atoms with Gasteiger partial charge in [0.15, 0.2) is 0 Å². The zero-order valence-corrected chi connectivity index (χ0v) is 7.44. The number of rotatable bonds is 1. The first-order chi connectivity index (χ1) is 5.05. The van der Waals surface area contributed by atoms with E-state index in [0.717, 1.165) is 0 Å². The molecular weight excluding hydrogens is 134 g/mol. The van der Waals surface area contributed by atoms with E-state index >= 15 is 0 Å². The van der Waals surface area contributed by atoms with Crippen molar-refractivity contribution in [2.24, 2.45) is 0 Å². The first kappa shape index (κ1) is 8.12. The van der Waals surface area contributed by atoms with Gasteiger partial charge in [-0.25, -0.2) is 0 Å². The van der Waals surface area contributed by atoms with Crippen molar-refractivity contribution < 1.29 is 0 Å². The van der Waals surface area contributed by atoms with Crippen molar-refractivity contribution in [3.8, 4) is 0 Å². The zero-order valence-electron chi connectivity index (χ0n) is 7.44. The lowest BCUT2D eigenvalue weighted by atomic mass is 9.86. The molecule has 0 unspecified atom stereocenters. The smallest absolute Gasteiger partial charge is 0.00809 e. The Balaban J connectivity index is 3.12. The zero-order chi connectivity index (χ0) is 8.48. The predicted octanol–water partition coefficient (Wildman–Crippen LogP) is 2.96. The molecule has 0 radical (unpaired) electrons. The van der Waals surface area contributed by atoms with E-state index < -0.39 is 0 Å². The Hall–Kier alpha value is -0.980. The van der Waals surface area contributed by atoms with Crippen molar-refractivity contribution in [2.45, 2.75) is 26.2 Å². The molecule has 0 saturated carbocycles. The minimum absolute atomic E-state index is 0.212. The Morgan fingerprint density at radius 2 is 2.00 bits per heavy atom. The highest BCUT2D eigenvalue weighted by atomic mass is 14.6. The third-order valence-corrected chi connectivity index (χ3v) is 1.81. The second-order valence-electron chi connectivity index (χ2n) is 3.78. The lowest BCUT2D eigenvalue weighted by Crippen LogP contribution is -2.10. The first-order valence-electron chi connectivity index (χ1n) is 3.85. The molecule has 0 aliphatic carbocycles. The molecular formula is C10H15N. The van der Waals surface area contributed by atoms with Gasteiger partial charge in [-0.2, -0.15) is 0 Å². The van der Waals surface area contributed by atoms with E-state index in [2.05, 4.69) is 32.3 Å². The minimum atomic E-state index is 0.212. The van der Waals surface area contributed by atoms with Crippen LogP contribution in [0.1, 0.15) is 31.9 Å². The highest BCUT2D eigenvalue weighted by molar-refractivity contribution is 5.52. The molecule has 1 rings (SSSR count). The number of aromatic amines is 1. The monoisotopic (exact) mass is 149 g/mol. The first-order valence-corrected chi connectivity index (χ1v) is 3.85. The van der Waals surface area contributed by atoms with Crippen molar-refractivity contribution >= 4 is 6.08 Å². The topological polar surface area (TPSA) is 15.8 Å². The third-order valence-electron chi connectivity index (χ3n) is 1.81. The van der Waals surface area contributed by atoms with E-state index in [-0.39, 0.29) is 5.41 Å². The van der Waals surface area contributed by atoms with Crippen molar-refractivity contribution in [2.75, 3.05) is 0 Å². The Morgan fingerprint density at radius 3 is 2.36 bits per heavy atom. The highest BCUT2D eigenvalue weighted by Gasteiger charge is 2.16. The van der Waals surface area contributed by atoms with Gasteiger partial charge in [0, 0.05) is 12.4 Å². The number of hydrogen-bond donors (Lipinski definition) is 1. The normalized spacial score (nSPS) is 11.5. The van der Waals surface area contributed by atoms with Crippen LogP contribution in [-0.4, -0.2) is 4.98 Å². The molecule has 60 valence electrons. The van der Waals surface area contributed by atoms with Crippen molar-refractivity contribution in [3.63, 3.8) is 0 Å². The van der Waals surface area contributed by atoms with E-state index in [4.69, 9.17) is 0 Å². The van der Waals surface area contributed by atoms with Crippen LogP contribution in [0.4, 0.5) is 0 Å². The quantitative estimate of drug-likeness (QED) is 0.632. The van der Waals surface area contributed by atoms with Crippen LogP contribution in [0.15, 0.2) is 19.0 Å². The SMILES string of the molecule is C=Cc1c[nH]cc1C(C)(C)C. The second kappa shape index (κ2) is 2.57. The van der Waals surface area contributed by atoms with Crippen LogP contribution in [0, 0.1) is 0 Å². The molecule has 1 aromatic rings. The predicted molar refractivity (Wildman–Crippen MR) is 49.6 cm³/mol. The average molecular weight is 149 g/mol. The Kier molecular flexibility index (Phi) is 1.90. The molecule has 1 aromatic heterocycles. The van der Waals surface area contributed by atoms with E-state index in [1.54, 1.807) is 0 Å². The molecule has 1 N–H and O–H groups in total. The van der Waals surface area contributed by atoms with Crippen LogP contribution in [-0.2, 0) is 5.41 Å². The van der Waals surface area contributed by atoms with Gasteiger partial charge in [0.05, 0.1) is 0 Å². The van der Waals surface area contributed by atoms with Crippen LogP contribution in [0.25, 0.3) is 6.08 Å². The van der Waals surface area contributed by atoms with E-state index in [9.17, 15) is 0 Å². The maximum Gasteiger partial charge on any atom is 0.00809 e. The summed E-state index contributed by atoms with van der Waals surface area (Å²) in [4.78, 5) is 3.08. The van der Waals surface area contributed by atoms with Crippen LogP contribution >= 0.6 is 0 Å². The Morgan fingerprint density at radius 1 is 1.36 bits per heavy atom. The second-order valence-corrected chi connectivity index (χ2v) is 3.78. The van der Waals surface area contributed by atoms with Crippen LogP contribution in [0.5, 0.6) is 0 Å². The van der Waals surface area contributed by atoms with Crippen molar-refractivity contribution in [1.29, 1.82) is 0 Å². The molecule has 1 heteroatoms. The lowest BCUT2D eigenvalue weighted by molar-refractivity contribution is 0.590. The molecule has 0 aliphatic rings. The molecule has 0 atom stereocenters. The van der Waals surface area contributed by atoms with Gasteiger partial charge in [-0.15, -0.1) is 0 Å². The van der Waals surface area contributed by atoms with Gasteiger partial charge >= 0.3 is 0 Å². The summed E-state index contributed by atoms with van der Waals surface area (Å²) in [6.07, 6.45) is 5.90. The van der Waals surface area contributed by atoms with Crippen LogP contribution in [0.2, 0.25) is 0 Å². The standard InChI is InChI=1S/C10H15N/c1-5-8-6-11-7-9(8)10(2,3)4/h5-7,11H,1H2,2-4H3. The summed E-state index contributed by atoms with van der Waals surface area (Å²) in [6.45, 7) is 10.4. The van der Waals surface area contributed by atoms with E-state index in [1.807, 2.05) is 18.5 Å². The number of aromatic nitrogens is 1. The summed E-state index contributed by atoms with van der Waals surface area (Å²) in [5, 5.41) is 0. The molecule has 0 aromatic carbocycles. The van der Waals surface area contributed by atoms with Crippen molar-refractivity contribution in [1.82, 2.24) is 4.98 Å². The van der Waals surface area contributed by atoms with E-state index in [0.29, 0.717) is 0 Å². The highest BCUT2D eigenvalue weighted by Crippen LogP contribution is 2.25. The van der Waals surface area contributed by atoms with Gasteiger partial charge in [0.25, 0.3) is 0 Å². The summed E-state index contributed by atoms with van der Waals surface area (Å²) in [6, 6.07) is 0. The summed E-state index contributed by atoms with van der Waals surface area (Å²) < 4.78 is 0. The van der Waals surface area contributed by atoms with Crippen LogP contribution in [0.3, 0.4) is 0 Å². The maximum absolute atomic E-state index is 3.76. The van der Waals surface area contributed by atoms with Crippen molar-refractivity contribution in [3.05, 3.63) is 30.1 Å². The molecule has 0 saturated heterocycles. The number of H-pyrrole nitrogens is 1. The molecule has 1 heterocycles. The molecule has 0 spiro atoms. The summed E-state index contributed by atoms with van der Waals surface area (Å²) in [5.41, 5.74) is 2.74. The third kappa shape index (κ3) is 1.53. The summed E-state index contributed by atoms with van der Waals surface area (Å²) in [5.74, 6) is 0. The molecule has 0 fully saturated rings. The van der Waals surface area contributed by atoms with E-state index in [1.165, 1.54) is 11.1 Å². The number of hydrogen-bond acceptors (Lipinski definition) is 0. The Labute approximate surface area is 68.1 Å². The van der Waals surface area contributed by atoms with Gasteiger partial charge < -0.3 is 4.98 Å². The fourth-order valence-electron chi connectivity index (χ4n) is 1.19. The van der Waals surface area contributed by atoms with Gasteiger partial charge in [0.2, 0.25) is 0 Å². The molecule has 0 aliphatic heterocycles. The lowest BCUT2D eigenvalue weighted by Gasteiger charge is -2.17. The largest absolute Gasteiger partial charge is 0.367 e. The molecule has 0 bridgehead atoms. The minimum Gasteiger partial charge on any atom is -0.367 e. The van der Waals surface area contributed by atoms with Gasteiger partial charge in [-0.05, 0) is 16.5 Å². The molecule has 1 nitrogen and oxygen atoms in total. The summed E-state index contributed by atoms with van der Waals surface area (Å²) >= 11 is 0. The van der Waals surface area contributed by atoms with Gasteiger partial charge in [-0.3, -0.25) is 0 Å². The number of nitrogens with one attached hydrogen (secondary N) is 1. The molecule has 11 heavy (non-hydrogen) atoms. The summed E-state index contributed by atoms with van der Waals surface area (Å²) in [7, 11) is 0. The Bertz CT molecular complexity index is 250. The van der Waals surface area contributed by atoms with Gasteiger partial charge in [0.1, 0.15) is 0 Å². The fraction of sp³-hybridized carbons (Fsp3) is 0.400.